The number of aromatic carboxylic acids is 1. The molecule has 0 saturated heterocycles. The lowest BCUT2D eigenvalue weighted by Crippen LogP contribution is -2.29. The lowest BCUT2D eigenvalue weighted by atomic mass is 9.97. The molecule has 3 heterocycles. The number of hydrogen-bond acceptors (Lipinski definition) is 9. The summed E-state index contributed by atoms with van der Waals surface area (Å²) in [7, 11) is 0. The van der Waals surface area contributed by atoms with Gasteiger partial charge in [-0.25, -0.2) is 28.3 Å². The molecule has 1 amide bonds. The Kier molecular flexibility index (Phi) is 8.26. The number of amides is 1. The number of halogens is 1. The number of fused-ring (bicyclic) bond motifs is 3. The number of carbonyl (C=O) groups is 3. The number of H-pyrrole nitrogens is 1. The maximum atomic E-state index is 14.0. The number of carboxylic acids is 1. The van der Waals surface area contributed by atoms with Crippen LogP contribution in [0.15, 0.2) is 51.8 Å². The molecule has 234 valence electrons. The number of nitrogens with one attached hydrogen (secondary N) is 2. The van der Waals surface area contributed by atoms with Crippen molar-refractivity contribution in [3.63, 3.8) is 0 Å². The lowest BCUT2D eigenvalue weighted by molar-refractivity contribution is 0.00682. The molecule has 5 N–H and O–H groups in total. The average Bonchev–Trinajstić information content (AvgIpc) is 3.67. The SMILES string of the molecule is Cc1c(C(=O)OC(C)(C)C)ccc2c1CC[C@@H]2NC(=O)c1cc(C(=O)O)nc2c(F)cnn12.NCc1ccc2oc(=O)[nH]c2c1. The van der Waals surface area contributed by atoms with E-state index in [2.05, 4.69) is 20.4 Å². The minimum atomic E-state index is -1.39. The Morgan fingerprint density at radius 1 is 1.22 bits per heavy atom. The number of ether oxygens (including phenoxy) is 1. The number of nitrogens with zero attached hydrogens (tertiary/aromatic N) is 3. The van der Waals surface area contributed by atoms with Crippen LogP contribution in [0.2, 0.25) is 0 Å². The molecule has 0 spiro atoms. The van der Waals surface area contributed by atoms with Gasteiger partial charge in [0.15, 0.2) is 22.7 Å². The molecule has 3 aromatic heterocycles. The van der Waals surface area contributed by atoms with Crippen LogP contribution >= 0.6 is 0 Å². The van der Waals surface area contributed by atoms with Gasteiger partial charge < -0.3 is 25.3 Å². The Labute approximate surface area is 255 Å². The van der Waals surface area contributed by atoms with E-state index >= 15 is 0 Å². The minimum Gasteiger partial charge on any atom is -0.477 e. The van der Waals surface area contributed by atoms with Gasteiger partial charge in [0.1, 0.15) is 11.3 Å². The third-order valence-corrected chi connectivity index (χ3v) is 7.22. The van der Waals surface area contributed by atoms with Crippen molar-refractivity contribution >= 4 is 34.6 Å². The molecule has 1 atom stereocenters. The summed E-state index contributed by atoms with van der Waals surface area (Å²) < 4.78 is 25.3. The highest BCUT2D eigenvalue weighted by Gasteiger charge is 2.30. The van der Waals surface area contributed by atoms with Crippen LogP contribution in [0.4, 0.5) is 4.39 Å². The number of aromatic amines is 1. The predicted molar refractivity (Wildman–Crippen MR) is 160 cm³/mol. The van der Waals surface area contributed by atoms with E-state index < -0.39 is 40.7 Å². The van der Waals surface area contributed by atoms with Crippen molar-refractivity contribution in [3.8, 4) is 0 Å². The number of esters is 1. The Hall–Kier alpha value is -5.37. The van der Waals surface area contributed by atoms with E-state index in [0.29, 0.717) is 36.0 Å². The first-order valence-corrected chi connectivity index (χ1v) is 14.0. The van der Waals surface area contributed by atoms with Crippen molar-refractivity contribution in [1.82, 2.24) is 24.9 Å². The summed E-state index contributed by atoms with van der Waals surface area (Å²) in [4.78, 5) is 54.0. The van der Waals surface area contributed by atoms with Crippen LogP contribution in [0.3, 0.4) is 0 Å². The molecule has 0 saturated carbocycles. The fourth-order valence-electron chi connectivity index (χ4n) is 5.15. The van der Waals surface area contributed by atoms with Gasteiger partial charge in [-0.05, 0) is 81.0 Å². The first kappa shape index (κ1) is 31.1. The van der Waals surface area contributed by atoms with E-state index in [-0.39, 0.29) is 17.4 Å². The van der Waals surface area contributed by atoms with Crippen molar-refractivity contribution < 1.29 is 33.0 Å². The predicted octanol–water partition coefficient (Wildman–Crippen LogP) is 3.83. The van der Waals surface area contributed by atoms with E-state index in [0.717, 1.165) is 39.0 Å². The molecule has 1 aliphatic carbocycles. The normalized spacial score (nSPS) is 14.1. The standard InChI is InChI=1S/C23H23FN4O5.C8H8N2O2/c1-11-12-7-8-16(14(12)6-5-13(11)22(32)33-23(2,3)4)27-20(29)18-9-17(21(30)31)26-19-15(24)10-25-28(18)19;9-4-5-1-2-7-6(3-5)10-8(11)12-7/h5-6,9-10,16H,7-8H2,1-4H3,(H,27,29)(H,30,31);1-3H,4,9H2,(H,10,11)/t16-;/m0./s1. The van der Waals surface area contributed by atoms with E-state index in [1.807, 2.05) is 13.0 Å². The highest BCUT2D eigenvalue weighted by molar-refractivity contribution is 5.96. The number of nitrogens with two attached hydrogens (primary N) is 1. The molecule has 0 unspecified atom stereocenters. The van der Waals surface area contributed by atoms with Crippen molar-refractivity contribution in [2.24, 2.45) is 5.73 Å². The Morgan fingerprint density at radius 2 is 1.98 bits per heavy atom. The summed E-state index contributed by atoms with van der Waals surface area (Å²) in [5, 5.41) is 16.0. The average molecular weight is 619 g/mol. The molecular weight excluding hydrogens is 587 g/mol. The fourth-order valence-corrected chi connectivity index (χ4v) is 5.15. The van der Waals surface area contributed by atoms with Gasteiger partial charge in [0.25, 0.3) is 5.91 Å². The largest absolute Gasteiger partial charge is 0.477 e. The molecule has 6 rings (SSSR count). The molecule has 45 heavy (non-hydrogen) atoms. The summed E-state index contributed by atoms with van der Waals surface area (Å²) in [5.41, 5.74) is 9.20. The maximum absolute atomic E-state index is 14.0. The van der Waals surface area contributed by atoms with Crippen LogP contribution in [0, 0.1) is 12.7 Å². The number of hydrogen-bond donors (Lipinski definition) is 4. The first-order chi connectivity index (χ1) is 21.3. The van der Waals surface area contributed by atoms with Gasteiger partial charge in [-0.3, -0.25) is 9.78 Å². The molecular formula is C31H31FN6O7. The Morgan fingerprint density at radius 3 is 2.67 bits per heavy atom. The smallest absolute Gasteiger partial charge is 0.417 e. The lowest BCUT2D eigenvalue weighted by Gasteiger charge is -2.21. The van der Waals surface area contributed by atoms with Gasteiger partial charge in [-0.15, -0.1) is 0 Å². The van der Waals surface area contributed by atoms with E-state index in [1.54, 1.807) is 45.0 Å². The zero-order valence-electron chi connectivity index (χ0n) is 24.9. The van der Waals surface area contributed by atoms with Crippen LogP contribution < -0.4 is 16.8 Å². The van der Waals surface area contributed by atoms with E-state index in [9.17, 15) is 28.7 Å². The molecule has 0 fully saturated rings. The molecule has 14 heteroatoms. The van der Waals surface area contributed by atoms with Gasteiger partial charge in [0, 0.05) is 12.6 Å². The van der Waals surface area contributed by atoms with Gasteiger partial charge in [0.2, 0.25) is 0 Å². The highest BCUT2D eigenvalue weighted by atomic mass is 19.1. The summed E-state index contributed by atoms with van der Waals surface area (Å²) >= 11 is 0. The molecule has 2 aromatic carbocycles. The van der Waals surface area contributed by atoms with Gasteiger partial charge in [-0.1, -0.05) is 12.1 Å². The molecule has 0 aliphatic heterocycles. The number of oxazole rings is 1. The van der Waals surface area contributed by atoms with Crippen LogP contribution in [-0.4, -0.2) is 48.1 Å². The monoisotopic (exact) mass is 618 g/mol. The van der Waals surface area contributed by atoms with Crippen LogP contribution in [0.1, 0.15) is 86.8 Å². The van der Waals surface area contributed by atoms with E-state index in [4.69, 9.17) is 14.9 Å². The molecule has 13 nitrogen and oxygen atoms in total. The fraction of sp³-hybridized carbons (Fsp3) is 0.290. The van der Waals surface area contributed by atoms with Crippen LogP contribution in [0.25, 0.3) is 16.7 Å². The zero-order valence-corrected chi connectivity index (χ0v) is 24.9. The molecule has 1 aliphatic rings. The third kappa shape index (κ3) is 6.45. The topological polar surface area (TPSA) is 195 Å². The van der Waals surface area contributed by atoms with Crippen LogP contribution in [-0.2, 0) is 17.7 Å². The van der Waals surface area contributed by atoms with Crippen LogP contribution in [0.5, 0.6) is 0 Å². The number of benzene rings is 2. The van der Waals surface area contributed by atoms with E-state index in [1.165, 1.54) is 0 Å². The zero-order chi connectivity index (χ0) is 32.6. The second-order valence-electron chi connectivity index (χ2n) is 11.5. The Bertz CT molecular complexity index is 2020. The molecule has 5 aromatic rings. The third-order valence-electron chi connectivity index (χ3n) is 7.22. The van der Waals surface area contributed by atoms with Crippen molar-refractivity contribution in [2.45, 2.75) is 58.7 Å². The molecule has 0 radical (unpaired) electrons. The highest BCUT2D eigenvalue weighted by Crippen LogP contribution is 2.35. The summed E-state index contributed by atoms with van der Waals surface area (Å²) in [5.74, 6) is -3.66. The summed E-state index contributed by atoms with van der Waals surface area (Å²) in [6.07, 6.45) is 2.11. The number of aromatic nitrogens is 4. The minimum absolute atomic E-state index is 0.142. The first-order valence-electron chi connectivity index (χ1n) is 14.0. The van der Waals surface area contributed by atoms with Crippen molar-refractivity contribution in [3.05, 3.63) is 98.2 Å². The second kappa shape index (κ2) is 12.0. The number of carboxylic acid groups (broad SMARTS) is 1. The van der Waals surface area contributed by atoms with Gasteiger partial charge >= 0.3 is 17.7 Å². The number of rotatable bonds is 5. The molecule has 0 bridgehead atoms. The maximum Gasteiger partial charge on any atom is 0.417 e. The Balaban J connectivity index is 0.000000277. The quantitative estimate of drug-likeness (QED) is 0.210. The summed E-state index contributed by atoms with van der Waals surface area (Å²) in [6.45, 7) is 7.72. The number of carbonyl (C=O) groups excluding carboxylic acids is 2. The summed E-state index contributed by atoms with van der Waals surface area (Å²) in [6, 6.07) is 9.54. The second-order valence-corrected chi connectivity index (χ2v) is 11.5. The van der Waals surface area contributed by atoms with Crippen molar-refractivity contribution in [2.75, 3.05) is 0 Å². The van der Waals surface area contributed by atoms with Gasteiger partial charge in [-0.2, -0.15) is 5.10 Å². The van der Waals surface area contributed by atoms with Gasteiger partial charge in [0.05, 0.1) is 23.3 Å². The van der Waals surface area contributed by atoms with Crippen molar-refractivity contribution in [1.29, 1.82) is 0 Å².